The summed E-state index contributed by atoms with van der Waals surface area (Å²) in [6.07, 6.45) is 1.53. The van der Waals surface area contributed by atoms with Crippen LogP contribution in [0.1, 0.15) is 53.4 Å². The molecule has 0 aromatic heterocycles. The molecule has 12 nitrogen and oxygen atoms in total. The highest BCUT2D eigenvalue weighted by Gasteiger charge is 2.27. The molecule has 0 fully saturated rings. The van der Waals surface area contributed by atoms with Crippen molar-refractivity contribution in [3.05, 3.63) is 0 Å². The van der Waals surface area contributed by atoms with Gasteiger partial charge in [-0.25, -0.2) is 4.79 Å². The van der Waals surface area contributed by atoms with Crippen LogP contribution >= 0.6 is 0 Å². The van der Waals surface area contributed by atoms with E-state index in [2.05, 4.69) is 20.9 Å². The van der Waals surface area contributed by atoms with E-state index >= 15 is 0 Å². The van der Waals surface area contributed by atoms with Crippen molar-refractivity contribution in [2.75, 3.05) is 13.1 Å². The Bertz CT molecular complexity index is 665. The number of guanidine groups is 1. The predicted molar refractivity (Wildman–Crippen MR) is 121 cm³/mol. The Morgan fingerprint density at radius 2 is 1.62 bits per heavy atom. The minimum absolute atomic E-state index is 0.0523. The zero-order valence-corrected chi connectivity index (χ0v) is 19.4. The molecule has 0 aliphatic rings. The monoisotopic (exact) mass is 457 g/mol. The average Bonchev–Trinajstić information content (AvgIpc) is 2.71. The van der Waals surface area contributed by atoms with Crippen molar-refractivity contribution >= 4 is 29.7 Å². The summed E-state index contributed by atoms with van der Waals surface area (Å²) >= 11 is 0. The van der Waals surface area contributed by atoms with Crippen LogP contribution in [-0.4, -0.2) is 66.0 Å². The second kappa shape index (κ2) is 15.0. The quantitative estimate of drug-likeness (QED) is 0.0882. The SMILES string of the molecule is CCC(C)C(N)C(=O)NC(CC(C)C)C(=O)NCC(=O)NC(CCCN=C(N)N)C(=O)O. The molecule has 4 atom stereocenters. The largest absolute Gasteiger partial charge is 0.480 e. The first-order chi connectivity index (χ1) is 14.9. The normalized spacial score (nSPS) is 14.6. The summed E-state index contributed by atoms with van der Waals surface area (Å²) in [5.74, 6) is -2.91. The number of aliphatic carboxylic acids is 1. The van der Waals surface area contributed by atoms with E-state index in [0.29, 0.717) is 19.3 Å². The molecule has 3 amide bonds. The van der Waals surface area contributed by atoms with Crippen molar-refractivity contribution in [3.63, 3.8) is 0 Å². The number of carboxylic acids is 1. The second-order valence-electron chi connectivity index (χ2n) is 8.23. The lowest BCUT2D eigenvalue weighted by Gasteiger charge is -2.24. The molecule has 4 unspecified atom stereocenters. The Hall–Kier alpha value is -2.89. The van der Waals surface area contributed by atoms with Gasteiger partial charge in [0.05, 0.1) is 12.6 Å². The fraction of sp³-hybridized carbons (Fsp3) is 0.750. The van der Waals surface area contributed by atoms with Crippen LogP contribution in [-0.2, 0) is 19.2 Å². The molecule has 0 aliphatic carbocycles. The molecule has 32 heavy (non-hydrogen) atoms. The first-order valence-corrected chi connectivity index (χ1v) is 10.8. The molecule has 0 radical (unpaired) electrons. The van der Waals surface area contributed by atoms with Crippen LogP contribution in [0.15, 0.2) is 4.99 Å². The predicted octanol–water partition coefficient (Wildman–Crippen LogP) is -1.37. The minimum atomic E-state index is -1.21. The Morgan fingerprint density at radius 3 is 2.12 bits per heavy atom. The zero-order valence-electron chi connectivity index (χ0n) is 19.4. The Kier molecular flexibility index (Phi) is 13.6. The smallest absolute Gasteiger partial charge is 0.326 e. The summed E-state index contributed by atoms with van der Waals surface area (Å²) in [6.45, 7) is 7.36. The third-order valence-electron chi connectivity index (χ3n) is 4.90. The molecule has 0 aromatic carbocycles. The maximum absolute atomic E-state index is 12.6. The van der Waals surface area contributed by atoms with Crippen LogP contribution in [0.3, 0.4) is 0 Å². The van der Waals surface area contributed by atoms with Gasteiger partial charge in [-0.3, -0.25) is 19.4 Å². The van der Waals surface area contributed by atoms with Gasteiger partial charge in [0, 0.05) is 6.54 Å². The highest BCUT2D eigenvalue weighted by molar-refractivity contribution is 5.92. The zero-order chi connectivity index (χ0) is 24.8. The summed E-state index contributed by atoms with van der Waals surface area (Å²) in [4.78, 5) is 52.2. The number of nitrogens with one attached hydrogen (secondary N) is 3. The van der Waals surface area contributed by atoms with Gasteiger partial charge < -0.3 is 38.3 Å². The number of hydrogen-bond donors (Lipinski definition) is 7. The first-order valence-electron chi connectivity index (χ1n) is 10.8. The van der Waals surface area contributed by atoms with Crippen LogP contribution in [0.2, 0.25) is 0 Å². The fourth-order valence-electron chi connectivity index (χ4n) is 2.78. The Labute approximate surface area is 189 Å². The van der Waals surface area contributed by atoms with Crippen molar-refractivity contribution in [2.24, 2.45) is 34.0 Å². The molecule has 0 spiro atoms. The van der Waals surface area contributed by atoms with Crippen molar-refractivity contribution < 1.29 is 24.3 Å². The summed E-state index contributed by atoms with van der Waals surface area (Å²) in [7, 11) is 0. The minimum Gasteiger partial charge on any atom is -0.480 e. The van der Waals surface area contributed by atoms with Crippen LogP contribution in [0, 0.1) is 11.8 Å². The molecular weight excluding hydrogens is 418 g/mol. The van der Waals surface area contributed by atoms with E-state index in [1.807, 2.05) is 27.7 Å². The number of carboxylic acid groups (broad SMARTS) is 1. The van der Waals surface area contributed by atoms with Gasteiger partial charge in [0.2, 0.25) is 17.7 Å². The number of amides is 3. The standard InChI is InChI=1S/C20H39N7O5/c1-5-12(4)16(21)18(30)27-14(9-11(2)3)17(29)25-10-15(28)26-13(19(31)32)7-6-8-24-20(22)23/h11-14,16H,5-10,21H2,1-4H3,(H,25,29)(H,26,28)(H,27,30)(H,31,32)(H4,22,23,24). The van der Waals surface area contributed by atoms with Gasteiger partial charge in [0.15, 0.2) is 5.96 Å². The number of carbonyl (C=O) groups excluding carboxylic acids is 3. The summed E-state index contributed by atoms with van der Waals surface area (Å²) in [5.41, 5.74) is 16.4. The van der Waals surface area contributed by atoms with Crippen molar-refractivity contribution in [2.45, 2.75) is 71.5 Å². The van der Waals surface area contributed by atoms with Crippen LogP contribution in [0.5, 0.6) is 0 Å². The third-order valence-corrected chi connectivity index (χ3v) is 4.90. The van der Waals surface area contributed by atoms with Gasteiger partial charge in [0.1, 0.15) is 12.1 Å². The molecule has 0 aromatic rings. The van der Waals surface area contributed by atoms with E-state index < -0.39 is 48.4 Å². The maximum Gasteiger partial charge on any atom is 0.326 e. The lowest BCUT2D eigenvalue weighted by molar-refractivity contribution is -0.142. The number of rotatable bonds is 15. The van der Waals surface area contributed by atoms with E-state index in [9.17, 15) is 24.3 Å². The number of nitrogens with two attached hydrogens (primary N) is 3. The highest BCUT2D eigenvalue weighted by Crippen LogP contribution is 2.09. The lowest BCUT2D eigenvalue weighted by Crippen LogP contribution is -2.54. The van der Waals surface area contributed by atoms with Gasteiger partial charge in [-0.2, -0.15) is 0 Å². The Balaban J connectivity index is 4.83. The molecule has 0 aliphatic heterocycles. The molecule has 12 heteroatoms. The lowest BCUT2D eigenvalue weighted by atomic mass is 9.97. The van der Waals surface area contributed by atoms with Gasteiger partial charge in [0.25, 0.3) is 0 Å². The van der Waals surface area contributed by atoms with Gasteiger partial charge >= 0.3 is 5.97 Å². The van der Waals surface area contributed by atoms with Crippen molar-refractivity contribution in [1.29, 1.82) is 0 Å². The molecule has 10 N–H and O–H groups in total. The van der Waals surface area contributed by atoms with E-state index in [0.717, 1.165) is 0 Å². The molecule has 0 saturated carbocycles. The fourth-order valence-corrected chi connectivity index (χ4v) is 2.78. The van der Waals surface area contributed by atoms with E-state index in [1.54, 1.807) is 0 Å². The van der Waals surface area contributed by atoms with Crippen LogP contribution in [0.25, 0.3) is 0 Å². The molecule has 0 rings (SSSR count). The summed E-state index contributed by atoms with van der Waals surface area (Å²) in [5, 5.41) is 16.7. The highest BCUT2D eigenvalue weighted by atomic mass is 16.4. The van der Waals surface area contributed by atoms with Crippen LogP contribution in [0.4, 0.5) is 0 Å². The molecule has 0 heterocycles. The number of hydrogen-bond acceptors (Lipinski definition) is 6. The molecular formula is C20H39N7O5. The second-order valence-corrected chi connectivity index (χ2v) is 8.23. The average molecular weight is 458 g/mol. The van der Waals surface area contributed by atoms with E-state index in [-0.39, 0.29) is 30.8 Å². The van der Waals surface area contributed by atoms with Gasteiger partial charge in [-0.1, -0.05) is 34.1 Å². The number of carbonyl (C=O) groups is 4. The maximum atomic E-state index is 12.6. The molecule has 184 valence electrons. The number of nitrogens with zero attached hydrogens (tertiary/aromatic N) is 1. The van der Waals surface area contributed by atoms with Gasteiger partial charge in [-0.05, 0) is 31.1 Å². The molecule has 0 bridgehead atoms. The van der Waals surface area contributed by atoms with Crippen molar-refractivity contribution in [3.8, 4) is 0 Å². The van der Waals surface area contributed by atoms with E-state index in [4.69, 9.17) is 17.2 Å². The van der Waals surface area contributed by atoms with Gasteiger partial charge in [-0.15, -0.1) is 0 Å². The Morgan fingerprint density at radius 1 is 1.00 bits per heavy atom. The van der Waals surface area contributed by atoms with E-state index in [1.165, 1.54) is 0 Å². The van der Waals surface area contributed by atoms with Crippen molar-refractivity contribution in [1.82, 2.24) is 16.0 Å². The first kappa shape index (κ1) is 29.1. The molecule has 0 saturated heterocycles. The van der Waals surface area contributed by atoms with Crippen LogP contribution < -0.4 is 33.2 Å². The summed E-state index contributed by atoms with van der Waals surface area (Å²) in [6, 6.07) is -2.76. The number of aliphatic imine (C=N–C) groups is 1. The summed E-state index contributed by atoms with van der Waals surface area (Å²) < 4.78 is 0. The topological polar surface area (TPSA) is 215 Å². The third kappa shape index (κ3) is 12.1.